The van der Waals surface area contributed by atoms with Crippen molar-refractivity contribution >= 4 is 23.1 Å². The molecule has 4 aromatic carbocycles. The van der Waals surface area contributed by atoms with Crippen LogP contribution < -0.4 is 10.2 Å². The Labute approximate surface area is 224 Å². The van der Waals surface area contributed by atoms with Crippen LogP contribution in [0.1, 0.15) is 74.8 Å². The Morgan fingerprint density at radius 1 is 0.475 bits per heavy atom. The monoisotopic (exact) mass is 536 g/mol. The molecule has 0 fully saturated rings. The summed E-state index contributed by atoms with van der Waals surface area (Å²) in [6.45, 7) is 2.98. The van der Waals surface area contributed by atoms with Crippen LogP contribution in [-0.4, -0.2) is 43.6 Å². The van der Waals surface area contributed by atoms with Crippen molar-refractivity contribution in [2.75, 3.05) is 0 Å². The van der Waals surface area contributed by atoms with Gasteiger partial charge in [0.2, 0.25) is 11.6 Å². The largest absolute Gasteiger partial charge is 0.870 e. The minimum Gasteiger partial charge on any atom is -0.870 e. The van der Waals surface area contributed by atoms with Gasteiger partial charge in [0.1, 0.15) is 23.0 Å². The second-order valence-electron chi connectivity index (χ2n) is 9.66. The van der Waals surface area contributed by atoms with Gasteiger partial charge in [-0.25, -0.2) is 0 Å². The van der Waals surface area contributed by atoms with Crippen LogP contribution in [0.4, 0.5) is 0 Å². The minimum atomic E-state index is -0.998. The zero-order valence-corrected chi connectivity index (χ0v) is 20.7. The van der Waals surface area contributed by atoms with E-state index in [1.807, 2.05) is 0 Å². The van der Waals surface area contributed by atoms with Crippen molar-refractivity contribution in [2.45, 2.75) is 13.8 Å². The van der Waals surface area contributed by atoms with Gasteiger partial charge in [0.25, 0.3) is 0 Å². The van der Waals surface area contributed by atoms with Gasteiger partial charge in [0.05, 0.1) is 22.3 Å². The Morgan fingerprint density at radius 2 is 0.950 bits per heavy atom. The first-order valence-corrected chi connectivity index (χ1v) is 11.8. The van der Waals surface area contributed by atoms with Crippen molar-refractivity contribution in [3.63, 3.8) is 0 Å². The van der Waals surface area contributed by atoms with E-state index in [0.717, 1.165) is 30.3 Å². The number of carbonyl (C=O) groups excluding carboxylic acids is 4. The molecule has 0 aliphatic heterocycles. The summed E-state index contributed by atoms with van der Waals surface area (Å²) < 4.78 is 0. The molecule has 0 atom stereocenters. The summed E-state index contributed by atoms with van der Waals surface area (Å²) in [5, 5.41) is 66.8. The van der Waals surface area contributed by atoms with Crippen LogP contribution in [-0.2, 0) is 0 Å². The van der Waals surface area contributed by atoms with Crippen LogP contribution in [0.2, 0.25) is 0 Å². The van der Waals surface area contributed by atoms with Crippen molar-refractivity contribution < 1.29 is 49.8 Å². The second-order valence-corrected chi connectivity index (χ2v) is 9.66. The van der Waals surface area contributed by atoms with E-state index in [4.69, 9.17) is 0 Å². The lowest BCUT2D eigenvalue weighted by Crippen LogP contribution is -2.24. The average Bonchev–Trinajstić information content (AvgIpc) is 2.89. The number of carbonyl (C=O) groups is 4. The number of rotatable bonds is 1. The molecule has 2 aliphatic carbocycles. The topological polar surface area (TPSA) is 195 Å². The van der Waals surface area contributed by atoms with E-state index >= 15 is 0 Å². The van der Waals surface area contributed by atoms with Crippen molar-refractivity contribution in [3.8, 4) is 45.6 Å². The van der Waals surface area contributed by atoms with E-state index in [1.165, 1.54) is 19.9 Å². The highest BCUT2D eigenvalue weighted by molar-refractivity contribution is 6.34. The maximum Gasteiger partial charge on any atom is 0.201 e. The standard InChI is InChI=1S/C30H18O10/c1-9-7-13-21(29(39)19-11(24(13)34)3-5-14(31)26(19)36)28(38)18(9)17-10(2)8-16(33)22-23(17)25(35)12-4-6-15(32)27(37)20(12)30(22)40/h3-8,31-33,36-38H,1-2H3/p-2. The zero-order valence-electron chi connectivity index (χ0n) is 20.7. The van der Waals surface area contributed by atoms with Gasteiger partial charge in [-0.2, -0.15) is 0 Å². The number of fused-ring (bicyclic) bond motifs is 4. The van der Waals surface area contributed by atoms with Crippen LogP contribution >= 0.6 is 0 Å². The van der Waals surface area contributed by atoms with Gasteiger partial charge in [-0.3, -0.25) is 19.2 Å². The molecule has 0 radical (unpaired) electrons. The predicted molar refractivity (Wildman–Crippen MR) is 134 cm³/mol. The van der Waals surface area contributed by atoms with Gasteiger partial charge in [0, 0.05) is 33.4 Å². The molecule has 4 aromatic rings. The normalized spacial score (nSPS) is 13.6. The number of ketones is 4. The number of phenolic OH excluding ortho intramolecular Hbond substituents is 4. The van der Waals surface area contributed by atoms with Crippen molar-refractivity contribution in [3.05, 3.63) is 92.0 Å². The zero-order chi connectivity index (χ0) is 28.9. The van der Waals surface area contributed by atoms with Crippen LogP contribution in [0.5, 0.6) is 34.5 Å². The van der Waals surface area contributed by atoms with Crippen molar-refractivity contribution in [2.24, 2.45) is 0 Å². The third-order valence-electron chi connectivity index (χ3n) is 7.40. The van der Waals surface area contributed by atoms with Gasteiger partial charge in [-0.15, -0.1) is 0 Å². The van der Waals surface area contributed by atoms with Gasteiger partial charge in [-0.1, -0.05) is 35.8 Å². The molecule has 10 heteroatoms. The molecule has 0 heterocycles. The fourth-order valence-corrected chi connectivity index (χ4v) is 5.62. The molecule has 0 bridgehead atoms. The van der Waals surface area contributed by atoms with Crippen molar-refractivity contribution in [1.82, 2.24) is 0 Å². The number of aryl methyl sites for hydroxylation is 2. The number of phenols is 4. The van der Waals surface area contributed by atoms with Gasteiger partial charge < -0.3 is 30.6 Å². The molecular weight excluding hydrogens is 520 g/mol. The molecule has 40 heavy (non-hydrogen) atoms. The van der Waals surface area contributed by atoms with Gasteiger partial charge in [0.15, 0.2) is 11.6 Å². The quantitative estimate of drug-likeness (QED) is 0.242. The molecule has 0 saturated carbocycles. The molecule has 10 nitrogen and oxygen atoms in total. The lowest BCUT2D eigenvalue weighted by molar-refractivity contribution is -0.270. The third-order valence-corrected chi connectivity index (χ3v) is 7.40. The van der Waals surface area contributed by atoms with E-state index in [0.29, 0.717) is 0 Å². The van der Waals surface area contributed by atoms with Gasteiger partial charge in [-0.05, 0) is 37.1 Å². The highest BCUT2D eigenvalue weighted by Crippen LogP contribution is 2.49. The summed E-state index contributed by atoms with van der Waals surface area (Å²) in [6, 6.07) is 6.52. The summed E-state index contributed by atoms with van der Waals surface area (Å²) in [7, 11) is 0. The molecule has 2 aliphatic rings. The van der Waals surface area contributed by atoms with E-state index in [1.54, 1.807) is 0 Å². The van der Waals surface area contributed by atoms with E-state index in [9.17, 15) is 49.8 Å². The van der Waals surface area contributed by atoms with Gasteiger partial charge >= 0.3 is 0 Å². The van der Waals surface area contributed by atoms with Crippen LogP contribution in [0, 0.1) is 13.8 Å². The molecule has 0 saturated heterocycles. The van der Waals surface area contributed by atoms with E-state index in [-0.39, 0.29) is 44.5 Å². The molecule has 0 amide bonds. The van der Waals surface area contributed by atoms with Crippen molar-refractivity contribution in [1.29, 1.82) is 0 Å². The number of hydrogen-bond donors (Lipinski definition) is 4. The lowest BCUT2D eigenvalue weighted by Gasteiger charge is -2.27. The lowest BCUT2D eigenvalue weighted by atomic mass is 9.75. The average molecular weight is 536 g/mol. The third kappa shape index (κ3) is 2.92. The smallest absolute Gasteiger partial charge is 0.201 e. The van der Waals surface area contributed by atoms with Crippen LogP contribution in [0.15, 0.2) is 36.4 Å². The maximum atomic E-state index is 13.7. The molecule has 6 rings (SSSR count). The van der Waals surface area contributed by atoms with Crippen LogP contribution in [0.25, 0.3) is 11.1 Å². The Hall–Kier alpha value is -5.64. The number of benzene rings is 4. The first-order valence-electron chi connectivity index (χ1n) is 11.8. The molecule has 0 unspecified atom stereocenters. The Kier molecular flexibility index (Phi) is 4.90. The molecular formula is C30H16O10-2. The highest BCUT2D eigenvalue weighted by Gasteiger charge is 2.40. The second kappa shape index (κ2) is 7.93. The highest BCUT2D eigenvalue weighted by atomic mass is 16.3. The summed E-state index contributed by atoms with van der Waals surface area (Å²) in [5.74, 6) is -8.60. The number of aromatic hydroxyl groups is 4. The number of hydrogen-bond acceptors (Lipinski definition) is 10. The maximum absolute atomic E-state index is 13.7. The first-order chi connectivity index (χ1) is 18.9. The Bertz CT molecular complexity index is 1950. The fourth-order valence-electron chi connectivity index (χ4n) is 5.62. The van der Waals surface area contributed by atoms with E-state index < -0.39 is 79.9 Å². The summed E-state index contributed by atoms with van der Waals surface area (Å²) in [4.78, 5) is 53.9. The SMILES string of the molecule is Cc1cc2c(c(O)c1-c1c(C)cc(O)c3c1C(=O)c1ccc([O-])c(O)c1C3=O)C(=O)c1c(ccc([O-])c1O)C2=O. The Balaban J connectivity index is 1.68. The summed E-state index contributed by atoms with van der Waals surface area (Å²) in [6.07, 6.45) is 0. The predicted octanol–water partition coefficient (Wildman–Crippen LogP) is 2.49. The molecule has 0 spiro atoms. The van der Waals surface area contributed by atoms with E-state index in [2.05, 4.69) is 0 Å². The fraction of sp³-hybridized carbons (Fsp3) is 0.0667. The van der Waals surface area contributed by atoms with Crippen LogP contribution in [0.3, 0.4) is 0 Å². The first kappa shape index (κ1) is 24.7. The summed E-state index contributed by atoms with van der Waals surface area (Å²) >= 11 is 0. The minimum absolute atomic E-state index is 0.0341. The molecule has 198 valence electrons. The summed E-state index contributed by atoms with van der Waals surface area (Å²) in [5.41, 5.74) is -2.91. The Morgan fingerprint density at radius 3 is 1.52 bits per heavy atom. The molecule has 4 N–H and O–H groups in total. The molecule has 0 aromatic heterocycles.